The van der Waals surface area contributed by atoms with Gasteiger partial charge in [0.1, 0.15) is 0 Å². The number of hydrogen-bond donors (Lipinski definition) is 0. The molecule has 1 heterocycles. The zero-order chi connectivity index (χ0) is 24.2. The number of hydrogen-bond acceptors (Lipinski definition) is 2. The minimum absolute atomic E-state index is 0.520. The predicted molar refractivity (Wildman–Crippen MR) is 141 cm³/mol. The summed E-state index contributed by atoms with van der Waals surface area (Å²) in [5.74, 6) is 5.51. The molecule has 0 radical (unpaired) electrons. The molecule has 194 valence electrons. The summed E-state index contributed by atoms with van der Waals surface area (Å²) in [6.07, 6.45) is 18.4. The molecule has 1 aliphatic heterocycles. The fourth-order valence-corrected chi connectivity index (χ4v) is 9.57. The molecule has 5 fully saturated rings. The van der Waals surface area contributed by atoms with Gasteiger partial charge in [-0.2, -0.15) is 0 Å². The van der Waals surface area contributed by atoms with Crippen molar-refractivity contribution in [3.63, 3.8) is 0 Å². The van der Waals surface area contributed by atoms with Gasteiger partial charge in [-0.3, -0.25) is 0 Å². The highest BCUT2D eigenvalue weighted by molar-refractivity contribution is 5.12. The lowest BCUT2D eigenvalue weighted by Crippen LogP contribution is -2.52. The van der Waals surface area contributed by atoms with Gasteiger partial charge in [-0.1, -0.05) is 61.3 Å². The van der Waals surface area contributed by atoms with Crippen LogP contribution in [0.15, 0.2) is 0 Å². The van der Waals surface area contributed by atoms with Gasteiger partial charge in [0.15, 0.2) is 0 Å². The van der Waals surface area contributed by atoms with Crippen molar-refractivity contribution < 1.29 is 9.47 Å². The van der Waals surface area contributed by atoms with Gasteiger partial charge in [-0.25, -0.2) is 0 Å². The van der Waals surface area contributed by atoms with Gasteiger partial charge >= 0.3 is 0 Å². The average Bonchev–Trinajstić information content (AvgIpc) is 3.37. The zero-order valence-electron chi connectivity index (χ0n) is 23.6. The molecule has 1 saturated heterocycles. The Bertz CT molecular complexity index is 589. The van der Waals surface area contributed by atoms with Gasteiger partial charge < -0.3 is 9.47 Å². The van der Waals surface area contributed by atoms with E-state index in [2.05, 4.69) is 20.8 Å². The fourth-order valence-electron chi connectivity index (χ4n) is 9.57. The number of rotatable bonds is 5. The lowest BCUT2D eigenvalue weighted by Gasteiger charge is -2.60. The normalized spacial score (nSPS) is 46.4. The van der Waals surface area contributed by atoms with Crippen molar-refractivity contribution in [3.8, 4) is 0 Å². The van der Waals surface area contributed by atoms with E-state index in [1.807, 2.05) is 34.8 Å². The fraction of sp³-hybridized carbons (Fsp3) is 1.00. The molecule has 9 unspecified atom stereocenters. The van der Waals surface area contributed by atoms with E-state index in [0.29, 0.717) is 29.0 Å². The van der Waals surface area contributed by atoms with E-state index in [4.69, 9.17) is 9.47 Å². The summed E-state index contributed by atoms with van der Waals surface area (Å²) in [5.41, 5.74) is 1.23. The SMILES string of the molecule is CC.CC.COCC(C)CC[C@@H]1CC2C(CC3C4CCC5CCCCC5(C)C4CCC23C)O1. The molecule has 0 aromatic rings. The van der Waals surface area contributed by atoms with Crippen LogP contribution in [-0.2, 0) is 9.47 Å². The summed E-state index contributed by atoms with van der Waals surface area (Å²) in [6.45, 7) is 16.6. The molecule has 0 spiro atoms. The van der Waals surface area contributed by atoms with E-state index < -0.39 is 0 Å². The van der Waals surface area contributed by atoms with Crippen LogP contribution in [0, 0.1) is 46.3 Å². The number of methoxy groups -OCH3 is 1. The second-order valence-corrected chi connectivity index (χ2v) is 12.5. The highest BCUT2D eigenvalue weighted by Crippen LogP contribution is 2.69. The van der Waals surface area contributed by atoms with Crippen molar-refractivity contribution >= 4 is 0 Å². The Balaban J connectivity index is 0.000000728. The maximum absolute atomic E-state index is 6.74. The van der Waals surface area contributed by atoms with Crippen molar-refractivity contribution in [2.45, 2.75) is 138 Å². The highest BCUT2D eigenvalue weighted by atomic mass is 16.5. The molecule has 4 saturated carbocycles. The molecule has 33 heavy (non-hydrogen) atoms. The molecule has 0 N–H and O–H groups in total. The molecule has 0 aromatic carbocycles. The van der Waals surface area contributed by atoms with Crippen LogP contribution in [-0.4, -0.2) is 25.9 Å². The van der Waals surface area contributed by atoms with Crippen molar-refractivity contribution in [3.05, 3.63) is 0 Å². The van der Waals surface area contributed by atoms with Crippen LogP contribution in [0.25, 0.3) is 0 Å². The molecule has 4 aliphatic carbocycles. The number of ether oxygens (including phenoxy) is 2. The zero-order valence-corrected chi connectivity index (χ0v) is 23.6. The van der Waals surface area contributed by atoms with Gasteiger partial charge in [-0.15, -0.1) is 0 Å². The summed E-state index contributed by atoms with van der Waals surface area (Å²) in [6, 6.07) is 0. The topological polar surface area (TPSA) is 18.5 Å². The first kappa shape index (κ1) is 27.5. The first-order chi connectivity index (χ1) is 16.0. The van der Waals surface area contributed by atoms with Crippen LogP contribution in [0.5, 0.6) is 0 Å². The summed E-state index contributed by atoms with van der Waals surface area (Å²) in [5, 5.41) is 0. The smallest absolute Gasteiger partial charge is 0.0616 e. The van der Waals surface area contributed by atoms with Gasteiger partial charge in [0.25, 0.3) is 0 Å². The highest BCUT2D eigenvalue weighted by Gasteiger charge is 2.63. The maximum atomic E-state index is 6.74. The Morgan fingerprint density at radius 3 is 2.33 bits per heavy atom. The van der Waals surface area contributed by atoms with Crippen molar-refractivity contribution in [2.24, 2.45) is 46.3 Å². The second-order valence-electron chi connectivity index (χ2n) is 12.5. The van der Waals surface area contributed by atoms with Gasteiger partial charge in [0.05, 0.1) is 12.2 Å². The summed E-state index contributed by atoms with van der Waals surface area (Å²) >= 11 is 0. The Hall–Kier alpha value is -0.0800. The van der Waals surface area contributed by atoms with E-state index in [0.717, 1.165) is 36.2 Å². The van der Waals surface area contributed by atoms with Gasteiger partial charge in [0.2, 0.25) is 0 Å². The third-order valence-electron chi connectivity index (χ3n) is 11.1. The summed E-state index contributed by atoms with van der Waals surface area (Å²) in [7, 11) is 1.82. The first-order valence-electron chi connectivity index (χ1n) is 15.1. The molecule has 5 rings (SSSR count). The summed E-state index contributed by atoms with van der Waals surface area (Å²) in [4.78, 5) is 0. The third kappa shape index (κ3) is 5.09. The molecular weight excluding hydrogens is 404 g/mol. The quantitative estimate of drug-likeness (QED) is 0.406. The van der Waals surface area contributed by atoms with Crippen LogP contribution < -0.4 is 0 Å². The Morgan fingerprint density at radius 2 is 1.61 bits per heavy atom. The van der Waals surface area contributed by atoms with Gasteiger partial charge in [-0.05, 0) is 111 Å². The monoisotopic (exact) mass is 462 g/mol. The van der Waals surface area contributed by atoms with Crippen LogP contribution in [0.1, 0.15) is 126 Å². The van der Waals surface area contributed by atoms with E-state index >= 15 is 0 Å². The molecular formula is C31H58O2. The average molecular weight is 463 g/mol. The van der Waals surface area contributed by atoms with Crippen LogP contribution >= 0.6 is 0 Å². The lowest BCUT2D eigenvalue weighted by atomic mass is 9.45. The van der Waals surface area contributed by atoms with E-state index in [9.17, 15) is 0 Å². The standard InChI is InChI=1S/C27H46O2.2C2H6/c1-18(17-28-4)8-10-20-15-24-25(29-20)16-23-21-11-9-19-7-5-6-13-26(19,2)22(21)12-14-27(23,24)3;2*1-2/h18-25H,5-17H2,1-4H3;2*1-2H3/t18?,19?,20-,21?,22?,23?,24?,25?,26?,27?;;/m1../s1. The first-order valence-corrected chi connectivity index (χ1v) is 15.1. The Labute approximate surface area is 207 Å². The van der Waals surface area contributed by atoms with Gasteiger partial charge in [0, 0.05) is 13.7 Å². The Morgan fingerprint density at radius 1 is 0.848 bits per heavy atom. The molecule has 2 nitrogen and oxygen atoms in total. The number of fused-ring (bicyclic) bond motifs is 7. The molecule has 5 aliphatic rings. The third-order valence-corrected chi connectivity index (χ3v) is 11.1. The molecule has 0 amide bonds. The molecule has 2 heteroatoms. The van der Waals surface area contributed by atoms with Crippen molar-refractivity contribution in [2.75, 3.05) is 13.7 Å². The molecule has 0 aromatic heterocycles. The van der Waals surface area contributed by atoms with E-state index in [-0.39, 0.29) is 0 Å². The van der Waals surface area contributed by atoms with Crippen molar-refractivity contribution in [1.29, 1.82) is 0 Å². The summed E-state index contributed by atoms with van der Waals surface area (Å²) < 4.78 is 12.1. The maximum Gasteiger partial charge on any atom is 0.0616 e. The predicted octanol–water partition coefficient (Wildman–Crippen LogP) is 8.92. The lowest BCUT2D eigenvalue weighted by molar-refractivity contribution is -0.111. The van der Waals surface area contributed by atoms with E-state index in [1.165, 1.54) is 77.0 Å². The van der Waals surface area contributed by atoms with E-state index in [1.54, 1.807) is 0 Å². The largest absolute Gasteiger partial charge is 0.384 e. The molecule has 0 bridgehead atoms. The Kier molecular flexibility index (Phi) is 9.81. The van der Waals surface area contributed by atoms with Crippen molar-refractivity contribution in [1.82, 2.24) is 0 Å². The minimum Gasteiger partial charge on any atom is -0.384 e. The van der Waals surface area contributed by atoms with Crippen LogP contribution in [0.4, 0.5) is 0 Å². The van der Waals surface area contributed by atoms with Crippen LogP contribution in [0.2, 0.25) is 0 Å². The minimum atomic E-state index is 0.520. The second kappa shape index (κ2) is 11.8. The molecule has 10 atom stereocenters. The van der Waals surface area contributed by atoms with Crippen LogP contribution in [0.3, 0.4) is 0 Å².